The van der Waals surface area contributed by atoms with E-state index in [-0.39, 0.29) is 0 Å². The van der Waals surface area contributed by atoms with Crippen molar-refractivity contribution in [3.63, 3.8) is 0 Å². The van der Waals surface area contributed by atoms with Crippen LogP contribution < -0.4 is 4.90 Å². The van der Waals surface area contributed by atoms with Crippen molar-refractivity contribution >= 4 is 5.69 Å². The Morgan fingerprint density at radius 2 is 2.18 bits per heavy atom. The van der Waals surface area contributed by atoms with E-state index in [2.05, 4.69) is 10.9 Å². The summed E-state index contributed by atoms with van der Waals surface area (Å²) in [5.74, 6) is 2.53. The highest BCUT2D eigenvalue weighted by Gasteiger charge is 1.94. The van der Waals surface area contributed by atoms with Crippen molar-refractivity contribution in [2.24, 2.45) is 0 Å². The lowest BCUT2D eigenvalue weighted by molar-refractivity contribution is 1.11. The molecule has 0 saturated heterocycles. The standard InChI is InChI=1S/C9H10N2/c1-4-8-5-9(11(2)3)7-10-6-8/h1,5-7H,2-3H3. The van der Waals surface area contributed by atoms with Crippen LogP contribution in [0, 0.1) is 12.3 Å². The second-order valence-corrected chi connectivity index (χ2v) is 2.47. The fraction of sp³-hybridized carbons (Fsp3) is 0.222. The molecule has 0 atom stereocenters. The van der Waals surface area contributed by atoms with E-state index in [1.807, 2.05) is 25.1 Å². The Balaban J connectivity index is 3.03. The molecular formula is C9H10N2. The van der Waals surface area contributed by atoms with Crippen LogP contribution in [-0.2, 0) is 0 Å². The molecule has 0 amide bonds. The van der Waals surface area contributed by atoms with Gasteiger partial charge in [0.1, 0.15) is 0 Å². The lowest BCUT2D eigenvalue weighted by Gasteiger charge is -2.10. The van der Waals surface area contributed by atoms with Crippen molar-refractivity contribution in [1.82, 2.24) is 4.98 Å². The second kappa shape index (κ2) is 3.07. The highest BCUT2D eigenvalue weighted by Crippen LogP contribution is 2.09. The molecule has 1 aromatic heterocycles. The Morgan fingerprint density at radius 1 is 1.45 bits per heavy atom. The zero-order valence-electron chi connectivity index (χ0n) is 6.70. The topological polar surface area (TPSA) is 16.1 Å². The fourth-order valence-electron chi connectivity index (χ4n) is 0.751. The van der Waals surface area contributed by atoms with Gasteiger partial charge in [-0.05, 0) is 6.07 Å². The number of anilines is 1. The van der Waals surface area contributed by atoms with Gasteiger partial charge in [-0.15, -0.1) is 6.42 Å². The molecule has 0 aliphatic carbocycles. The normalized spacial score (nSPS) is 8.82. The molecule has 1 aromatic rings. The molecule has 1 rings (SSSR count). The van der Waals surface area contributed by atoms with Crippen molar-refractivity contribution in [3.8, 4) is 12.3 Å². The van der Waals surface area contributed by atoms with Crippen LogP contribution in [0.1, 0.15) is 5.56 Å². The summed E-state index contributed by atoms with van der Waals surface area (Å²) in [4.78, 5) is 5.96. The predicted octanol–water partition coefficient (Wildman–Crippen LogP) is 1.13. The Labute approximate surface area is 66.9 Å². The molecule has 0 fully saturated rings. The van der Waals surface area contributed by atoms with Gasteiger partial charge in [0.15, 0.2) is 0 Å². The van der Waals surface area contributed by atoms with Gasteiger partial charge in [0.2, 0.25) is 0 Å². The van der Waals surface area contributed by atoms with Crippen molar-refractivity contribution in [1.29, 1.82) is 0 Å². The molecule has 11 heavy (non-hydrogen) atoms. The fourth-order valence-corrected chi connectivity index (χ4v) is 0.751. The third-order valence-corrected chi connectivity index (χ3v) is 1.41. The highest BCUT2D eigenvalue weighted by molar-refractivity contribution is 5.48. The molecule has 0 aliphatic heterocycles. The Hall–Kier alpha value is -1.49. The minimum atomic E-state index is 0.816. The molecule has 0 aliphatic rings. The summed E-state index contributed by atoms with van der Waals surface area (Å²) in [5, 5.41) is 0. The monoisotopic (exact) mass is 146 g/mol. The minimum Gasteiger partial charge on any atom is -0.376 e. The summed E-state index contributed by atoms with van der Waals surface area (Å²) in [7, 11) is 3.91. The third kappa shape index (κ3) is 1.71. The maximum absolute atomic E-state index is 5.21. The summed E-state index contributed by atoms with van der Waals surface area (Å²) >= 11 is 0. The number of aromatic nitrogens is 1. The van der Waals surface area contributed by atoms with E-state index in [9.17, 15) is 0 Å². The van der Waals surface area contributed by atoms with Crippen molar-refractivity contribution in [2.45, 2.75) is 0 Å². The van der Waals surface area contributed by atoms with Crippen molar-refractivity contribution < 1.29 is 0 Å². The van der Waals surface area contributed by atoms with E-state index in [0.717, 1.165) is 11.3 Å². The van der Waals surface area contributed by atoms with Gasteiger partial charge in [0.05, 0.1) is 11.9 Å². The number of hydrogen-bond donors (Lipinski definition) is 0. The summed E-state index contributed by atoms with van der Waals surface area (Å²) in [5.41, 5.74) is 1.84. The number of pyridine rings is 1. The van der Waals surface area contributed by atoms with Crippen LogP contribution in [-0.4, -0.2) is 19.1 Å². The van der Waals surface area contributed by atoms with E-state index in [1.165, 1.54) is 0 Å². The summed E-state index contributed by atoms with van der Waals surface area (Å²) in [6.45, 7) is 0. The van der Waals surface area contributed by atoms with E-state index in [4.69, 9.17) is 6.42 Å². The summed E-state index contributed by atoms with van der Waals surface area (Å²) in [6.07, 6.45) is 8.66. The van der Waals surface area contributed by atoms with E-state index in [1.54, 1.807) is 12.4 Å². The first-order chi connectivity index (χ1) is 5.24. The van der Waals surface area contributed by atoms with Crippen LogP contribution in [0.4, 0.5) is 5.69 Å². The zero-order chi connectivity index (χ0) is 8.27. The Bertz CT molecular complexity index is 284. The van der Waals surface area contributed by atoms with E-state index >= 15 is 0 Å². The second-order valence-electron chi connectivity index (χ2n) is 2.47. The molecule has 0 unspecified atom stereocenters. The molecule has 1 heterocycles. The summed E-state index contributed by atoms with van der Waals surface area (Å²) in [6, 6.07) is 1.92. The molecule has 0 radical (unpaired) electrons. The highest BCUT2D eigenvalue weighted by atomic mass is 15.1. The SMILES string of the molecule is C#Cc1cncc(N(C)C)c1. The lowest BCUT2D eigenvalue weighted by atomic mass is 10.3. The molecule has 0 N–H and O–H groups in total. The van der Waals surface area contributed by atoms with Crippen LogP contribution in [0.5, 0.6) is 0 Å². The van der Waals surface area contributed by atoms with E-state index < -0.39 is 0 Å². The largest absolute Gasteiger partial charge is 0.376 e. The number of hydrogen-bond acceptors (Lipinski definition) is 2. The van der Waals surface area contributed by atoms with Crippen LogP contribution >= 0.6 is 0 Å². The van der Waals surface area contributed by atoms with Gasteiger partial charge in [-0.25, -0.2) is 0 Å². The first kappa shape index (κ1) is 7.62. The van der Waals surface area contributed by atoms with Gasteiger partial charge in [-0.1, -0.05) is 5.92 Å². The van der Waals surface area contributed by atoms with Gasteiger partial charge in [-0.3, -0.25) is 4.98 Å². The molecule has 2 heteroatoms. The summed E-state index contributed by atoms with van der Waals surface area (Å²) < 4.78 is 0. The van der Waals surface area contributed by atoms with E-state index in [0.29, 0.717) is 0 Å². The Kier molecular flexibility index (Phi) is 2.12. The molecule has 0 spiro atoms. The number of rotatable bonds is 1. The predicted molar refractivity (Wildman–Crippen MR) is 46.5 cm³/mol. The number of terminal acetylenes is 1. The van der Waals surface area contributed by atoms with Crippen LogP contribution in [0.25, 0.3) is 0 Å². The molecular weight excluding hydrogens is 136 g/mol. The molecule has 0 saturated carbocycles. The van der Waals surface area contributed by atoms with Gasteiger partial charge < -0.3 is 4.90 Å². The smallest absolute Gasteiger partial charge is 0.0560 e. The Morgan fingerprint density at radius 3 is 2.73 bits per heavy atom. The number of nitrogens with zero attached hydrogens (tertiary/aromatic N) is 2. The zero-order valence-corrected chi connectivity index (χ0v) is 6.70. The van der Waals surface area contributed by atoms with Gasteiger partial charge >= 0.3 is 0 Å². The average molecular weight is 146 g/mol. The molecule has 0 bridgehead atoms. The van der Waals surface area contributed by atoms with Crippen molar-refractivity contribution in [3.05, 3.63) is 24.0 Å². The van der Waals surface area contributed by atoms with Crippen LogP contribution in [0.15, 0.2) is 18.5 Å². The molecule has 0 aromatic carbocycles. The molecule has 2 nitrogen and oxygen atoms in total. The van der Waals surface area contributed by atoms with Crippen LogP contribution in [0.3, 0.4) is 0 Å². The lowest BCUT2D eigenvalue weighted by Crippen LogP contribution is -2.08. The maximum Gasteiger partial charge on any atom is 0.0560 e. The average Bonchev–Trinajstić information content (AvgIpc) is 2.05. The maximum atomic E-state index is 5.21. The minimum absolute atomic E-state index is 0.816. The first-order valence-electron chi connectivity index (χ1n) is 3.33. The van der Waals surface area contributed by atoms with Crippen molar-refractivity contribution in [2.75, 3.05) is 19.0 Å². The quantitative estimate of drug-likeness (QED) is 0.552. The molecule has 56 valence electrons. The van der Waals surface area contributed by atoms with Gasteiger partial charge in [-0.2, -0.15) is 0 Å². The first-order valence-corrected chi connectivity index (χ1v) is 3.33. The van der Waals surface area contributed by atoms with Crippen LogP contribution in [0.2, 0.25) is 0 Å². The van der Waals surface area contributed by atoms with Gasteiger partial charge in [0, 0.05) is 25.9 Å². The van der Waals surface area contributed by atoms with Gasteiger partial charge in [0.25, 0.3) is 0 Å². The third-order valence-electron chi connectivity index (χ3n) is 1.41.